The molecule has 0 radical (unpaired) electrons. The number of nitrogens with zero attached hydrogens (tertiary/aromatic N) is 1. The van der Waals surface area contributed by atoms with Crippen molar-refractivity contribution in [2.24, 2.45) is 0 Å². The third-order valence-corrected chi connectivity index (χ3v) is 2.63. The van der Waals surface area contributed by atoms with Crippen molar-refractivity contribution in [3.05, 3.63) is 65.2 Å². The molecule has 2 N–H and O–H groups in total. The Kier molecular flexibility index (Phi) is 4.05. The highest BCUT2D eigenvalue weighted by Crippen LogP contribution is 2.06. The van der Waals surface area contributed by atoms with E-state index in [2.05, 4.69) is 10.3 Å². The first-order chi connectivity index (χ1) is 9.58. The highest BCUT2D eigenvalue weighted by Gasteiger charge is 2.12. The molecule has 0 fully saturated rings. The lowest BCUT2D eigenvalue weighted by Crippen LogP contribution is -2.24. The number of pyridine rings is 1. The lowest BCUT2D eigenvalue weighted by molar-refractivity contribution is 0.0696. The second-order valence-corrected chi connectivity index (χ2v) is 4.02. The van der Waals surface area contributed by atoms with Crippen LogP contribution in [-0.4, -0.2) is 22.0 Å². The Morgan fingerprint density at radius 3 is 2.50 bits per heavy atom. The van der Waals surface area contributed by atoms with E-state index in [0.717, 1.165) is 6.07 Å². The number of carbonyl (C=O) groups is 2. The van der Waals surface area contributed by atoms with Gasteiger partial charge in [0.1, 0.15) is 0 Å². The summed E-state index contributed by atoms with van der Waals surface area (Å²) >= 11 is 0. The number of carboxylic acids is 1. The van der Waals surface area contributed by atoms with E-state index >= 15 is 0 Å². The molecular formula is C14H11FN2O3. The Morgan fingerprint density at radius 1 is 1.20 bits per heavy atom. The summed E-state index contributed by atoms with van der Waals surface area (Å²) in [6.07, 6.45) is 1.33. The Hall–Kier alpha value is -2.76. The second-order valence-electron chi connectivity index (χ2n) is 4.02. The zero-order valence-corrected chi connectivity index (χ0v) is 10.3. The predicted molar refractivity (Wildman–Crippen MR) is 68.8 cm³/mol. The van der Waals surface area contributed by atoms with Gasteiger partial charge in [-0.05, 0) is 29.8 Å². The van der Waals surface area contributed by atoms with Gasteiger partial charge in [0.05, 0.1) is 5.56 Å². The Balaban J connectivity index is 2.00. The minimum absolute atomic E-state index is 0.161. The predicted octanol–water partition coefficient (Wildman–Crippen LogP) is 1.85. The monoisotopic (exact) mass is 274 g/mol. The number of nitrogens with one attached hydrogen (secondary N) is 1. The lowest BCUT2D eigenvalue weighted by atomic mass is 10.1. The van der Waals surface area contributed by atoms with Crippen molar-refractivity contribution >= 4 is 11.9 Å². The van der Waals surface area contributed by atoms with Crippen LogP contribution >= 0.6 is 0 Å². The smallest absolute Gasteiger partial charge is 0.335 e. The average molecular weight is 274 g/mol. The maximum absolute atomic E-state index is 13.3. The summed E-state index contributed by atoms with van der Waals surface area (Å²) in [6.45, 7) is 0.161. The summed E-state index contributed by atoms with van der Waals surface area (Å²) in [4.78, 5) is 26.1. The molecule has 0 aliphatic heterocycles. The molecule has 0 spiro atoms. The van der Waals surface area contributed by atoms with Gasteiger partial charge in [0.15, 0.2) is 11.5 Å². The molecule has 0 aliphatic rings. The van der Waals surface area contributed by atoms with Crippen molar-refractivity contribution in [1.29, 1.82) is 0 Å². The minimum Gasteiger partial charge on any atom is -0.478 e. The van der Waals surface area contributed by atoms with Crippen molar-refractivity contribution in [2.45, 2.75) is 6.54 Å². The van der Waals surface area contributed by atoms with Gasteiger partial charge < -0.3 is 10.4 Å². The van der Waals surface area contributed by atoms with E-state index in [9.17, 15) is 14.0 Å². The molecule has 0 saturated heterocycles. The highest BCUT2D eigenvalue weighted by atomic mass is 19.1. The zero-order chi connectivity index (χ0) is 14.5. The van der Waals surface area contributed by atoms with Gasteiger partial charge in [-0.15, -0.1) is 0 Å². The van der Waals surface area contributed by atoms with Crippen LogP contribution in [0, 0.1) is 5.82 Å². The van der Waals surface area contributed by atoms with Crippen LogP contribution in [0.4, 0.5) is 4.39 Å². The molecule has 0 bridgehead atoms. The number of hydrogen-bond donors (Lipinski definition) is 2. The van der Waals surface area contributed by atoms with E-state index in [1.54, 1.807) is 12.1 Å². The molecule has 0 unspecified atom stereocenters. The Labute approximate surface area is 114 Å². The molecule has 6 heteroatoms. The van der Waals surface area contributed by atoms with Crippen molar-refractivity contribution in [3.8, 4) is 0 Å². The van der Waals surface area contributed by atoms with Gasteiger partial charge in [-0.2, -0.15) is 0 Å². The number of carboxylic acid groups (broad SMARTS) is 1. The quantitative estimate of drug-likeness (QED) is 0.891. The third-order valence-electron chi connectivity index (χ3n) is 2.63. The number of aromatic nitrogens is 1. The SMILES string of the molecule is O=C(O)c1ccc(CNC(=O)c2ncccc2F)cc1. The maximum atomic E-state index is 13.3. The summed E-state index contributed by atoms with van der Waals surface area (Å²) in [5.74, 6) is -2.33. The number of hydrogen-bond acceptors (Lipinski definition) is 3. The summed E-state index contributed by atoms with van der Waals surface area (Å²) in [6, 6.07) is 8.59. The minimum atomic E-state index is -1.02. The number of amides is 1. The summed E-state index contributed by atoms with van der Waals surface area (Å²) in [5.41, 5.74) is 0.602. The molecule has 0 atom stereocenters. The zero-order valence-electron chi connectivity index (χ0n) is 10.3. The van der Waals surface area contributed by atoms with Gasteiger partial charge in [0.25, 0.3) is 5.91 Å². The topological polar surface area (TPSA) is 79.3 Å². The van der Waals surface area contributed by atoms with Crippen LogP contribution in [0.25, 0.3) is 0 Å². The van der Waals surface area contributed by atoms with Crippen LogP contribution in [0.15, 0.2) is 42.6 Å². The van der Waals surface area contributed by atoms with E-state index in [4.69, 9.17) is 5.11 Å². The fourth-order valence-corrected chi connectivity index (χ4v) is 1.58. The van der Waals surface area contributed by atoms with Gasteiger partial charge in [-0.25, -0.2) is 14.2 Å². The molecule has 20 heavy (non-hydrogen) atoms. The molecule has 1 amide bonds. The van der Waals surface area contributed by atoms with Crippen molar-refractivity contribution in [3.63, 3.8) is 0 Å². The highest BCUT2D eigenvalue weighted by molar-refractivity contribution is 5.92. The molecule has 5 nitrogen and oxygen atoms in total. The number of aromatic carboxylic acids is 1. The van der Waals surface area contributed by atoms with Gasteiger partial charge in [0, 0.05) is 12.7 Å². The normalized spacial score (nSPS) is 10.1. The molecule has 0 aliphatic carbocycles. The van der Waals surface area contributed by atoms with Gasteiger partial charge >= 0.3 is 5.97 Å². The summed E-state index contributed by atoms with van der Waals surface area (Å²) in [7, 11) is 0. The fourth-order valence-electron chi connectivity index (χ4n) is 1.58. The van der Waals surface area contributed by atoms with Gasteiger partial charge in [-0.1, -0.05) is 12.1 Å². The summed E-state index contributed by atoms with van der Waals surface area (Å²) < 4.78 is 13.3. The van der Waals surface area contributed by atoms with E-state index in [1.807, 2.05) is 0 Å². The standard InChI is InChI=1S/C14H11FN2O3/c15-11-2-1-7-16-12(11)13(18)17-8-9-3-5-10(6-4-9)14(19)20/h1-7H,8H2,(H,17,18)(H,19,20). The van der Waals surface area contributed by atoms with E-state index in [-0.39, 0.29) is 17.8 Å². The fraction of sp³-hybridized carbons (Fsp3) is 0.0714. The van der Waals surface area contributed by atoms with Crippen LogP contribution in [0.5, 0.6) is 0 Å². The molecule has 1 aromatic heterocycles. The van der Waals surface area contributed by atoms with E-state index in [1.165, 1.54) is 24.4 Å². The van der Waals surface area contributed by atoms with Crippen molar-refractivity contribution < 1.29 is 19.1 Å². The van der Waals surface area contributed by atoms with Crippen LogP contribution in [-0.2, 0) is 6.54 Å². The number of halogens is 1. The van der Waals surface area contributed by atoms with Gasteiger partial charge in [-0.3, -0.25) is 4.79 Å². The molecule has 2 aromatic rings. The van der Waals surface area contributed by atoms with Crippen molar-refractivity contribution in [2.75, 3.05) is 0 Å². The largest absolute Gasteiger partial charge is 0.478 e. The Bertz CT molecular complexity index is 641. The molecule has 0 saturated carbocycles. The lowest BCUT2D eigenvalue weighted by Gasteiger charge is -2.05. The first-order valence-corrected chi connectivity index (χ1v) is 5.79. The first kappa shape index (κ1) is 13.7. The number of benzene rings is 1. The van der Waals surface area contributed by atoms with Crippen LogP contribution in [0.3, 0.4) is 0 Å². The molecule has 2 rings (SSSR count). The average Bonchev–Trinajstić information content (AvgIpc) is 2.45. The third kappa shape index (κ3) is 3.17. The van der Waals surface area contributed by atoms with E-state index < -0.39 is 17.7 Å². The van der Waals surface area contributed by atoms with Crippen LogP contribution < -0.4 is 5.32 Å². The second kappa shape index (κ2) is 5.92. The molecular weight excluding hydrogens is 263 g/mol. The number of carbonyl (C=O) groups excluding carboxylic acids is 1. The van der Waals surface area contributed by atoms with Crippen LogP contribution in [0.2, 0.25) is 0 Å². The van der Waals surface area contributed by atoms with Crippen molar-refractivity contribution in [1.82, 2.24) is 10.3 Å². The molecule has 1 heterocycles. The maximum Gasteiger partial charge on any atom is 0.335 e. The molecule has 102 valence electrons. The van der Waals surface area contributed by atoms with Gasteiger partial charge in [0.2, 0.25) is 0 Å². The summed E-state index contributed by atoms with van der Waals surface area (Å²) in [5, 5.41) is 11.3. The molecule has 1 aromatic carbocycles. The first-order valence-electron chi connectivity index (χ1n) is 5.79. The Morgan fingerprint density at radius 2 is 1.90 bits per heavy atom. The number of rotatable bonds is 4. The van der Waals surface area contributed by atoms with E-state index in [0.29, 0.717) is 5.56 Å². The van der Waals surface area contributed by atoms with Crippen LogP contribution in [0.1, 0.15) is 26.4 Å².